The van der Waals surface area contributed by atoms with Crippen LogP contribution in [-0.2, 0) is 6.54 Å². The van der Waals surface area contributed by atoms with E-state index in [1.54, 1.807) is 6.07 Å². The van der Waals surface area contributed by atoms with Crippen molar-refractivity contribution in [2.75, 3.05) is 18.5 Å². The van der Waals surface area contributed by atoms with Crippen LogP contribution in [0.25, 0.3) is 0 Å². The maximum atomic E-state index is 13.4. The number of halogens is 1. The Hall–Kier alpha value is -1.16. The van der Waals surface area contributed by atoms with Gasteiger partial charge in [-0.05, 0) is 25.5 Å². The van der Waals surface area contributed by atoms with Crippen molar-refractivity contribution >= 4 is 5.82 Å². The lowest BCUT2D eigenvalue weighted by Gasteiger charge is -2.33. The molecule has 106 valence electrons. The fourth-order valence-electron chi connectivity index (χ4n) is 2.82. The second-order valence-electron chi connectivity index (χ2n) is 5.32. The number of pyridine rings is 1. The maximum absolute atomic E-state index is 13.4. The van der Waals surface area contributed by atoms with Crippen LogP contribution < -0.4 is 10.2 Å². The van der Waals surface area contributed by atoms with Crippen molar-refractivity contribution in [3.63, 3.8) is 0 Å². The first-order chi connectivity index (χ1) is 9.22. The third-order valence-corrected chi connectivity index (χ3v) is 3.93. The van der Waals surface area contributed by atoms with Crippen LogP contribution >= 0.6 is 0 Å². The van der Waals surface area contributed by atoms with Crippen molar-refractivity contribution in [3.8, 4) is 0 Å². The van der Waals surface area contributed by atoms with Gasteiger partial charge in [-0.2, -0.15) is 0 Å². The van der Waals surface area contributed by atoms with Crippen molar-refractivity contribution in [2.24, 2.45) is 0 Å². The van der Waals surface area contributed by atoms with Gasteiger partial charge >= 0.3 is 0 Å². The van der Waals surface area contributed by atoms with E-state index in [4.69, 9.17) is 0 Å². The Labute approximate surface area is 115 Å². The molecule has 0 radical (unpaired) electrons. The van der Waals surface area contributed by atoms with Crippen LogP contribution in [0.5, 0.6) is 0 Å². The molecule has 1 N–H and O–H groups in total. The monoisotopic (exact) mass is 265 g/mol. The van der Waals surface area contributed by atoms with Gasteiger partial charge in [0.15, 0.2) is 0 Å². The summed E-state index contributed by atoms with van der Waals surface area (Å²) in [5.74, 6) is 0.669. The lowest BCUT2D eigenvalue weighted by molar-refractivity contribution is 0.425. The summed E-state index contributed by atoms with van der Waals surface area (Å²) >= 11 is 0. The summed E-state index contributed by atoms with van der Waals surface area (Å²) in [6, 6.07) is 2.15. The highest BCUT2D eigenvalue weighted by Crippen LogP contribution is 2.27. The minimum atomic E-state index is -0.256. The SMILES string of the molecule is CCNCc1cc(F)cnc1N(C)C1CCCCC1. The Kier molecular flexibility index (Phi) is 5.14. The second kappa shape index (κ2) is 6.85. The molecule has 1 aromatic heterocycles. The molecule has 0 bridgehead atoms. The molecule has 1 heterocycles. The molecule has 1 saturated carbocycles. The summed E-state index contributed by atoms with van der Waals surface area (Å²) in [4.78, 5) is 6.56. The van der Waals surface area contributed by atoms with Crippen LogP contribution in [0.2, 0.25) is 0 Å². The maximum Gasteiger partial charge on any atom is 0.141 e. The van der Waals surface area contributed by atoms with E-state index in [0.29, 0.717) is 12.6 Å². The Morgan fingerprint density at radius 3 is 2.79 bits per heavy atom. The van der Waals surface area contributed by atoms with Crippen molar-refractivity contribution in [1.82, 2.24) is 10.3 Å². The summed E-state index contributed by atoms with van der Waals surface area (Å²) in [5, 5.41) is 3.26. The lowest BCUT2D eigenvalue weighted by Crippen LogP contribution is -2.35. The Morgan fingerprint density at radius 2 is 2.11 bits per heavy atom. The molecule has 1 aromatic rings. The zero-order valence-corrected chi connectivity index (χ0v) is 12.0. The van der Waals surface area contributed by atoms with Gasteiger partial charge in [-0.15, -0.1) is 0 Å². The molecule has 4 heteroatoms. The van der Waals surface area contributed by atoms with Crippen LogP contribution in [0.3, 0.4) is 0 Å². The molecule has 0 amide bonds. The lowest BCUT2D eigenvalue weighted by atomic mass is 9.94. The van der Waals surface area contributed by atoms with Crippen LogP contribution in [0.4, 0.5) is 10.2 Å². The zero-order chi connectivity index (χ0) is 13.7. The van der Waals surface area contributed by atoms with Crippen LogP contribution in [0.15, 0.2) is 12.3 Å². The van der Waals surface area contributed by atoms with Crippen LogP contribution in [0, 0.1) is 5.82 Å². The summed E-state index contributed by atoms with van der Waals surface area (Å²) < 4.78 is 13.4. The molecule has 1 aliphatic carbocycles. The zero-order valence-electron chi connectivity index (χ0n) is 12.0. The third kappa shape index (κ3) is 3.66. The number of hydrogen-bond acceptors (Lipinski definition) is 3. The van der Waals surface area contributed by atoms with Gasteiger partial charge in [0, 0.05) is 25.2 Å². The molecule has 0 atom stereocenters. The molecule has 0 aliphatic heterocycles. The summed E-state index contributed by atoms with van der Waals surface area (Å²) in [5.41, 5.74) is 0.954. The number of anilines is 1. The highest BCUT2D eigenvalue weighted by molar-refractivity contribution is 5.47. The first-order valence-corrected chi connectivity index (χ1v) is 7.30. The number of nitrogens with one attached hydrogen (secondary N) is 1. The molecule has 0 saturated heterocycles. The van der Waals surface area contributed by atoms with Crippen molar-refractivity contribution in [1.29, 1.82) is 0 Å². The standard InChI is InChI=1S/C15H24FN3/c1-3-17-10-12-9-13(16)11-18-15(12)19(2)14-7-5-4-6-8-14/h9,11,14,17H,3-8,10H2,1-2H3. The van der Waals surface area contributed by atoms with Crippen LogP contribution in [-0.4, -0.2) is 24.6 Å². The highest BCUT2D eigenvalue weighted by Gasteiger charge is 2.21. The number of aromatic nitrogens is 1. The topological polar surface area (TPSA) is 28.2 Å². The largest absolute Gasteiger partial charge is 0.356 e. The van der Waals surface area contributed by atoms with Gasteiger partial charge in [0.25, 0.3) is 0 Å². The summed E-state index contributed by atoms with van der Waals surface area (Å²) in [6.07, 6.45) is 7.68. The fraction of sp³-hybridized carbons (Fsp3) is 0.667. The van der Waals surface area contributed by atoms with Gasteiger partial charge < -0.3 is 10.2 Å². The average molecular weight is 265 g/mol. The number of nitrogens with zero attached hydrogens (tertiary/aromatic N) is 2. The first kappa shape index (κ1) is 14.3. The number of hydrogen-bond donors (Lipinski definition) is 1. The van der Waals surface area contributed by atoms with Gasteiger partial charge in [0.2, 0.25) is 0 Å². The minimum absolute atomic E-state index is 0.256. The molecule has 0 spiro atoms. The molecular weight excluding hydrogens is 241 g/mol. The van der Waals surface area contributed by atoms with E-state index in [2.05, 4.69) is 29.2 Å². The van der Waals surface area contributed by atoms with E-state index in [-0.39, 0.29) is 5.82 Å². The van der Waals surface area contributed by atoms with Gasteiger partial charge in [-0.3, -0.25) is 0 Å². The van der Waals surface area contributed by atoms with E-state index in [0.717, 1.165) is 17.9 Å². The van der Waals surface area contributed by atoms with Gasteiger partial charge in [-0.25, -0.2) is 9.37 Å². The summed E-state index contributed by atoms with van der Waals surface area (Å²) in [6.45, 7) is 3.61. The molecule has 0 unspecified atom stereocenters. The Balaban J connectivity index is 2.16. The Morgan fingerprint density at radius 1 is 1.37 bits per heavy atom. The van der Waals surface area contributed by atoms with E-state index < -0.39 is 0 Å². The molecule has 19 heavy (non-hydrogen) atoms. The van der Waals surface area contributed by atoms with Crippen molar-refractivity contribution < 1.29 is 4.39 Å². The average Bonchev–Trinajstić information content (AvgIpc) is 2.45. The smallest absolute Gasteiger partial charge is 0.141 e. The quantitative estimate of drug-likeness (QED) is 0.886. The highest BCUT2D eigenvalue weighted by atomic mass is 19.1. The van der Waals surface area contributed by atoms with Gasteiger partial charge in [0.1, 0.15) is 11.6 Å². The Bertz CT molecular complexity index is 402. The molecule has 0 aromatic carbocycles. The fourth-order valence-corrected chi connectivity index (χ4v) is 2.82. The number of rotatable bonds is 5. The normalized spacial score (nSPS) is 16.6. The molecular formula is C15H24FN3. The first-order valence-electron chi connectivity index (χ1n) is 7.30. The van der Waals surface area contributed by atoms with Crippen molar-refractivity contribution in [3.05, 3.63) is 23.6 Å². The molecule has 1 aliphatic rings. The molecule has 1 fully saturated rings. The van der Waals surface area contributed by atoms with Crippen LogP contribution in [0.1, 0.15) is 44.6 Å². The van der Waals surface area contributed by atoms with E-state index >= 15 is 0 Å². The van der Waals surface area contributed by atoms with E-state index in [1.165, 1.54) is 38.3 Å². The predicted molar refractivity (Wildman–Crippen MR) is 76.9 cm³/mol. The summed E-state index contributed by atoms with van der Waals surface area (Å²) in [7, 11) is 2.09. The van der Waals surface area contributed by atoms with E-state index in [9.17, 15) is 4.39 Å². The molecule has 3 nitrogen and oxygen atoms in total. The second-order valence-corrected chi connectivity index (χ2v) is 5.32. The van der Waals surface area contributed by atoms with E-state index in [1.807, 2.05) is 0 Å². The third-order valence-electron chi connectivity index (χ3n) is 3.93. The predicted octanol–water partition coefficient (Wildman–Crippen LogP) is 3.10. The van der Waals surface area contributed by atoms with Gasteiger partial charge in [-0.1, -0.05) is 26.2 Å². The minimum Gasteiger partial charge on any atom is -0.356 e. The van der Waals surface area contributed by atoms with Crippen molar-refractivity contribution in [2.45, 2.75) is 51.6 Å². The van der Waals surface area contributed by atoms with Gasteiger partial charge in [0.05, 0.1) is 6.20 Å². The molecule has 2 rings (SSSR count).